The Morgan fingerprint density at radius 1 is 0.897 bits per heavy atom. The highest BCUT2D eigenvalue weighted by Crippen LogP contribution is 2.40. The van der Waals surface area contributed by atoms with Gasteiger partial charge in [-0.15, -0.1) is 0 Å². The normalized spacial score (nSPS) is 15.5. The number of rotatable bonds is 9. The molecule has 0 spiro atoms. The number of ether oxygens (including phenoxy) is 2. The summed E-state index contributed by atoms with van der Waals surface area (Å²) in [6, 6.07) is 17.2. The summed E-state index contributed by atoms with van der Waals surface area (Å²) in [6.07, 6.45) is 6.42. The molecule has 1 aliphatic carbocycles. The topological polar surface area (TPSA) is 21.7 Å². The molecule has 2 aromatic rings. The minimum atomic E-state index is 0.702. The van der Waals surface area contributed by atoms with Crippen molar-refractivity contribution in [2.75, 3.05) is 34.4 Å². The van der Waals surface area contributed by atoms with Crippen molar-refractivity contribution in [1.82, 2.24) is 4.90 Å². The van der Waals surface area contributed by atoms with Crippen LogP contribution in [0.5, 0.6) is 11.5 Å². The Morgan fingerprint density at radius 3 is 1.93 bits per heavy atom. The van der Waals surface area contributed by atoms with Crippen LogP contribution < -0.4 is 9.47 Å². The Balaban J connectivity index is 1.94. The standard InChI is InChI=1S/C26H35NO2/c1-5-25(20-8-6-7-9-20)26(21-10-14-23(28-4)15-11-21)22-12-16-24(17-13-22)29-19-18-27(2)3/h10-17,20H,5-9,18-19H2,1-4H3. The van der Waals surface area contributed by atoms with E-state index in [2.05, 4.69) is 74.4 Å². The summed E-state index contributed by atoms with van der Waals surface area (Å²) >= 11 is 0. The van der Waals surface area contributed by atoms with Crippen molar-refractivity contribution in [3.05, 3.63) is 65.2 Å². The third kappa shape index (κ3) is 5.63. The van der Waals surface area contributed by atoms with Crippen LogP contribution in [0.15, 0.2) is 54.1 Å². The summed E-state index contributed by atoms with van der Waals surface area (Å²) in [5.41, 5.74) is 5.53. The number of methoxy groups -OCH3 is 1. The van der Waals surface area contributed by atoms with E-state index in [0.717, 1.165) is 24.5 Å². The third-order valence-corrected chi connectivity index (χ3v) is 5.88. The molecular formula is C26H35NO2. The first-order chi connectivity index (χ1) is 14.1. The average Bonchev–Trinajstić information content (AvgIpc) is 3.27. The zero-order chi connectivity index (χ0) is 20.6. The van der Waals surface area contributed by atoms with Crippen LogP contribution in [0.4, 0.5) is 0 Å². The molecule has 0 heterocycles. The number of likely N-dealkylation sites (N-methyl/N-ethyl adjacent to an activating group) is 1. The highest BCUT2D eigenvalue weighted by atomic mass is 16.5. The maximum absolute atomic E-state index is 5.90. The minimum absolute atomic E-state index is 0.702. The smallest absolute Gasteiger partial charge is 0.119 e. The fourth-order valence-electron chi connectivity index (χ4n) is 4.30. The number of hydrogen-bond donors (Lipinski definition) is 0. The van der Waals surface area contributed by atoms with Crippen molar-refractivity contribution in [2.24, 2.45) is 5.92 Å². The van der Waals surface area contributed by atoms with Gasteiger partial charge in [0, 0.05) is 6.54 Å². The molecule has 0 aliphatic heterocycles. The first kappa shape index (κ1) is 21.4. The Bertz CT molecular complexity index is 784. The number of nitrogens with zero attached hydrogens (tertiary/aromatic N) is 1. The SMILES string of the molecule is CCC(=C(c1ccc(OC)cc1)c1ccc(OCCN(C)C)cc1)C1CCCC1. The lowest BCUT2D eigenvalue weighted by molar-refractivity contribution is 0.261. The van der Waals surface area contributed by atoms with E-state index in [4.69, 9.17) is 9.47 Å². The second kappa shape index (κ2) is 10.5. The number of allylic oxidation sites excluding steroid dienone is 1. The molecule has 1 saturated carbocycles. The predicted molar refractivity (Wildman–Crippen MR) is 122 cm³/mol. The monoisotopic (exact) mass is 393 g/mol. The van der Waals surface area contributed by atoms with Crippen molar-refractivity contribution >= 4 is 5.57 Å². The van der Waals surface area contributed by atoms with E-state index >= 15 is 0 Å². The van der Waals surface area contributed by atoms with Gasteiger partial charge in [-0.2, -0.15) is 0 Å². The summed E-state index contributed by atoms with van der Waals surface area (Å²) in [5, 5.41) is 0. The fraction of sp³-hybridized carbons (Fsp3) is 0.462. The van der Waals surface area contributed by atoms with E-state index < -0.39 is 0 Å². The van der Waals surface area contributed by atoms with E-state index in [-0.39, 0.29) is 0 Å². The Morgan fingerprint density at radius 2 is 1.45 bits per heavy atom. The van der Waals surface area contributed by atoms with Crippen LogP contribution in [0.3, 0.4) is 0 Å². The van der Waals surface area contributed by atoms with Gasteiger partial charge in [0.05, 0.1) is 7.11 Å². The van der Waals surface area contributed by atoms with Gasteiger partial charge in [0.2, 0.25) is 0 Å². The fourth-order valence-corrected chi connectivity index (χ4v) is 4.30. The average molecular weight is 394 g/mol. The lowest BCUT2D eigenvalue weighted by atomic mass is 9.84. The molecule has 0 radical (unpaired) electrons. The van der Waals surface area contributed by atoms with Crippen LogP contribution in [-0.4, -0.2) is 39.3 Å². The molecule has 2 aromatic carbocycles. The number of benzene rings is 2. The van der Waals surface area contributed by atoms with Gasteiger partial charge in [-0.3, -0.25) is 0 Å². The maximum Gasteiger partial charge on any atom is 0.119 e. The van der Waals surface area contributed by atoms with Crippen molar-refractivity contribution < 1.29 is 9.47 Å². The van der Waals surface area contributed by atoms with Crippen molar-refractivity contribution in [3.63, 3.8) is 0 Å². The Hall–Kier alpha value is -2.26. The minimum Gasteiger partial charge on any atom is -0.497 e. The highest BCUT2D eigenvalue weighted by molar-refractivity contribution is 5.82. The largest absolute Gasteiger partial charge is 0.497 e. The highest BCUT2D eigenvalue weighted by Gasteiger charge is 2.23. The van der Waals surface area contributed by atoms with Gasteiger partial charge >= 0.3 is 0 Å². The van der Waals surface area contributed by atoms with Crippen molar-refractivity contribution in [3.8, 4) is 11.5 Å². The van der Waals surface area contributed by atoms with Crippen LogP contribution >= 0.6 is 0 Å². The second-order valence-electron chi connectivity index (χ2n) is 8.14. The van der Waals surface area contributed by atoms with Crippen molar-refractivity contribution in [2.45, 2.75) is 39.0 Å². The summed E-state index contributed by atoms with van der Waals surface area (Å²) in [6.45, 7) is 3.92. The molecule has 156 valence electrons. The molecule has 1 fully saturated rings. The third-order valence-electron chi connectivity index (χ3n) is 5.88. The summed E-state index contributed by atoms with van der Waals surface area (Å²) < 4.78 is 11.3. The summed E-state index contributed by atoms with van der Waals surface area (Å²) in [7, 11) is 5.85. The molecule has 1 aliphatic rings. The molecule has 0 saturated heterocycles. The number of hydrogen-bond acceptors (Lipinski definition) is 3. The van der Waals surface area contributed by atoms with Crippen LogP contribution in [0.25, 0.3) is 5.57 Å². The zero-order valence-corrected chi connectivity index (χ0v) is 18.4. The molecule has 0 N–H and O–H groups in total. The molecule has 3 rings (SSSR count). The van der Waals surface area contributed by atoms with E-state index in [1.54, 1.807) is 12.7 Å². The predicted octanol–water partition coefficient (Wildman–Crippen LogP) is 6.04. The van der Waals surface area contributed by atoms with Gasteiger partial charge in [-0.05, 0) is 80.2 Å². The molecule has 0 aromatic heterocycles. The molecule has 29 heavy (non-hydrogen) atoms. The summed E-state index contributed by atoms with van der Waals surface area (Å²) in [5.74, 6) is 2.54. The van der Waals surface area contributed by atoms with Gasteiger partial charge in [0.1, 0.15) is 18.1 Å². The molecule has 0 amide bonds. The lowest BCUT2D eigenvalue weighted by Gasteiger charge is -2.21. The van der Waals surface area contributed by atoms with Gasteiger partial charge in [-0.25, -0.2) is 0 Å². The maximum atomic E-state index is 5.90. The van der Waals surface area contributed by atoms with E-state index in [9.17, 15) is 0 Å². The quantitative estimate of drug-likeness (QED) is 0.518. The van der Waals surface area contributed by atoms with Gasteiger partial charge in [0.15, 0.2) is 0 Å². The van der Waals surface area contributed by atoms with Crippen LogP contribution in [0.2, 0.25) is 0 Å². The molecule has 3 heteroatoms. The van der Waals surface area contributed by atoms with E-state index in [0.29, 0.717) is 12.5 Å². The second-order valence-corrected chi connectivity index (χ2v) is 8.14. The molecular weight excluding hydrogens is 358 g/mol. The molecule has 0 atom stereocenters. The van der Waals surface area contributed by atoms with Gasteiger partial charge < -0.3 is 14.4 Å². The lowest BCUT2D eigenvalue weighted by Crippen LogP contribution is -2.19. The van der Waals surface area contributed by atoms with Crippen LogP contribution in [0, 0.1) is 5.92 Å². The van der Waals surface area contributed by atoms with Gasteiger partial charge in [-0.1, -0.05) is 49.6 Å². The first-order valence-corrected chi connectivity index (χ1v) is 10.9. The first-order valence-electron chi connectivity index (χ1n) is 10.9. The Kier molecular flexibility index (Phi) is 7.76. The van der Waals surface area contributed by atoms with E-state index in [1.165, 1.54) is 42.4 Å². The molecule has 0 unspecified atom stereocenters. The van der Waals surface area contributed by atoms with Crippen LogP contribution in [-0.2, 0) is 0 Å². The van der Waals surface area contributed by atoms with Gasteiger partial charge in [0.25, 0.3) is 0 Å². The molecule has 3 nitrogen and oxygen atoms in total. The van der Waals surface area contributed by atoms with E-state index in [1.807, 2.05) is 0 Å². The Labute approximate surface area is 176 Å². The summed E-state index contributed by atoms with van der Waals surface area (Å²) in [4.78, 5) is 2.13. The van der Waals surface area contributed by atoms with Crippen LogP contribution in [0.1, 0.15) is 50.2 Å². The van der Waals surface area contributed by atoms with Crippen molar-refractivity contribution in [1.29, 1.82) is 0 Å². The zero-order valence-electron chi connectivity index (χ0n) is 18.4. The molecule has 0 bridgehead atoms.